The third-order valence-electron chi connectivity index (χ3n) is 3.61. The molecule has 0 spiro atoms. The Morgan fingerprint density at radius 1 is 1.24 bits per heavy atom. The summed E-state index contributed by atoms with van der Waals surface area (Å²) in [6.45, 7) is 11.5. The molecule has 0 fully saturated rings. The van der Waals surface area contributed by atoms with Gasteiger partial charge in [-0.25, -0.2) is 0 Å². The van der Waals surface area contributed by atoms with E-state index in [4.69, 9.17) is 0 Å². The van der Waals surface area contributed by atoms with Gasteiger partial charge in [-0.1, -0.05) is 0 Å². The number of nitrogens with one attached hydrogen (secondary N) is 1. The summed E-state index contributed by atoms with van der Waals surface area (Å²) in [4.78, 5) is 5.27. The highest BCUT2D eigenvalue weighted by Crippen LogP contribution is 2.21. The quantitative estimate of drug-likeness (QED) is 0.941. The van der Waals surface area contributed by atoms with Gasteiger partial charge in [0.1, 0.15) is 12.2 Å². The van der Waals surface area contributed by atoms with E-state index in [-0.39, 0.29) is 5.54 Å². The zero-order valence-corrected chi connectivity index (χ0v) is 13.8. The van der Waals surface area contributed by atoms with Crippen LogP contribution < -0.4 is 5.32 Å². The van der Waals surface area contributed by atoms with Crippen LogP contribution in [0.3, 0.4) is 0 Å². The summed E-state index contributed by atoms with van der Waals surface area (Å²) < 4.78 is 2.14. The fourth-order valence-corrected chi connectivity index (χ4v) is 3.43. The van der Waals surface area contributed by atoms with Gasteiger partial charge < -0.3 is 9.88 Å². The summed E-state index contributed by atoms with van der Waals surface area (Å²) >= 11 is 1.90. The van der Waals surface area contributed by atoms with Gasteiger partial charge in [-0.15, -0.1) is 21.5 Å². The number of fused-ring (bicyclic) bond motifs is 1. The second-order valence-electron chi connectivity index (χ2n) is 6.62. The molecular weight excluding hydrogens is 282 g/mol. The monoisotopic (exact) mass is 305 g/mol. The molecule has 3 rings (SSSR count). The van der Waals surface area contributed by atoms with Gasteiger partial charge in [0.2, 0.25) is 0 Å². The highest BCUT2D eigenvalue weighted by molar-refractivity contribution is 7.11. The SMILES string of the molecule is CC(C)(C)NCc1ccc(CN2CCn3cnnc3C2)s1. The predicted octanol–water partition coefficient (Wildman–Crippen LogP) is 2.24. The first kappa shape index (κ1) is 14.7. The maximum atomic E-state index is 4.17. The van der Waals surface area contributed by atoms with Crippen LogP contribution in [0.15, 0.2) is 18.5 Å². The van der Waals surface area contributed by atoms with E-state index in [9.17, 15) is 0 Å². The Morgan fingerprint density at radius 2 is 2.05 bits per heavy atom. The van der Waals surface area contributed by atoms with Gasteiger partial charge in [0.25, 0.3) is 0 Å². The molecule has 0 bridgehead atoms. The molecule has 0 radical (unpaired) electrons. The van der Waals surface area contributed by atoms with Crippen molar-refractivity contribution in [2.45, 2.75) is 52.5 Å². The topological polar surface area (TPSA) is 46.0 Å². The van der Waals surface area contributed by atoms with Crippen molar-refractivity contribution in [3.8, 4) is 0 Å². The fourth-order valence-electron chi connectivity index (χ4n) is 2.43. The van der Waals surface area contributed by atoms with Crippen molar-refractivity contribution >= 4 is 11.3 Å². The maximum absolute atomic E-state index is 4.17. The van der Waals surface area contributed by atoms with Crippen LogP contribution in [0, 0.1) is 0 Å². The molecule has 2 aromatic rings. The van der Waals surface area contributed by atoms with Crippen LogP contribution in [-0.2, 0) is 26.2 Å². The zero-order chi connectivity index (χ0) is 14.9. The molecule has 0 unspecified atom stereocenters. The van der Waals surface area contributed by atoms with E-state index in [2.05, 4.69) is 57.9 Å². The molecule has 21 heavy (non-hydrogen) atoms. The van der Waals surface area contributed by atoms with Gasteiger partial charge in [-0.05, 0) is 32.9 Å². The van der Waals surface area contributed by atoms with Crippen LogP contribution in [-0.4, -0.2) is 31.7 Å². The highest BCUT2D eigenvalue weighted by atomic mass is 32.1. The molecule has 0 saturated heterocycles. The van der Waals surface area contributed by atoms with Gasteiger partial charge in [0.15, 0.2) is 0 Å². The lowest BCUT2D eigenvalue weighted by Gasteiger charge is -2.26. The van der Waals surface area contributed by atoms with Gasteiger partial charge in [0, 0.05) is 41.5 Å². The van der Waals surface area contributed by atoms with Crippen LogP contribution in [0.1, 0.15) is 36.3 Å². The maximum Gasteiger partial charge on any atom is 0.147 e. The summed E-state index contributed by atoms with van der Waals surface area (Å²) in [5.74, 6) is 1.08. The molecular formula is C15H23N5S. The van der Waals surface area contributed by atoms with E-state index in [1.807, 2.05) is 17.7 Å². The molecule has 6 heteroatoms. The number of hydrogen-bond donors (Lipinski definition) is 1. The lowest BCUT2D eigenvalue weighted by Crippen LogP contribution is -2.34. The van der Waals surface area contributed by atoms with Crippen molar-refractivity contribution in [2.75, 3.05) is 6.54 Å². The van der Waals surface area contributed by atoms with Crippen LogP contribution in [0.4, 0.5) is 0 Å². The molecule has 1 aliphatic rings. The number of aromatic nitrogens is 3. The van der Waals surface area contributed by atoms with Gasteiger partial charge in [-0.2, -0.15) is 0 Å². The Bertz CT molecular complexity index is 595. The van der Waals surface area contributed by atoms with E-state index in [1.54, 1.807) is 0 Å². The molecule has 3 heterocycles. The van der Waals surface area contributed by atoms with Crippen molar-refractivity contribution in [3.05, 3.63) is 34.0 Å². The largest absolute Gasteiger partial charge is 0.315 e. The normalized spacial score (nSPS) is 16.1. The van der Waals surface area contributed by atoms with E-state index in [0.29, 0.717) is 0 Å². The summed E-state index contributed by atoms with van der Waals surface area (Å²) in [6, 6.07) is 4.49. The fraction of sp³-hybridized carbons (Fsp3) is 0.600. The van der Waals surface area contributed by atoms with Crippen molar-refractivity contribution in [2.24, 2.45) is 0 Å². The Labute approximate surface area is 130 Å². The Morgan fingerprint density at radius 3 is 2.86 bits per heavy atom. The molecule has 1 aliphatic heterocycles. The average Bonchev–Trinajstić information content (AvgIpc) is 3.04. The molecule has 0 amide bonds. The first-order chi connectivity index (χ1) is 9.99. The second-order valence-corrected chi connectivity index (χ2v) is 7.88. The summed E-state index contributed by atoms with van der Waals surface area (Å²) in [6.07, 6.45) is 1.83. The first-order valence-electron chi connectivity index (χ1n) is 7.41. The number of nitrogens with zero attached hydrogens (tertiary/aromatic N) is 4. The lowest BCUT2D eigenvalue weighted by atomic mass is 10.1. The Balaban J connectivity index is 1.56. The average molecular weight is 305 g/mol. The third kappa shape index (κ3) is 3.90. The Kier molecular flexibility index (Phi) is 4.10. The molecule has 5 nitrogen and oxygen atoms in total. The minimum Gasteiger partial charge on any atom is -0.315 e. The van der Waals surface area contributed by atoms with Gasteiger partial charge >= 0.3 is 0 Å². The lowest BCUT2D eigenvalue weighted by molar-refractivity contribution is 0.210. The standard InChI is InChI=1S/C15H23N5S/c1-15(2,3)16-8-12-4-5-13(21-12)9-19-6-7-20-11-17-18-14(20)10-19/h4-5,11,16H,6-10H2,1-3H3. The zero-order valence-electron chi connectivity index (χ0n) is 13.0. The second kappa shape index (κ2) is 5.87. The molecule has 0 saturated carbocycles. The minimum absolute atomic E-state index is 0.168. The van der Waals surface area contributed by atoms with E-state index >= 15 is 0 Å². The summed E-state index contributed by atoms with van der Waals surface area (Å²) in [5.41, 5.74) is 0.168. The van der Waals surface area contributed by atoms with Crippen molar-refractivity contribution in [1.82, 2.24) is 25.0 Å². The minimum atomic E-state index is 0.168. The van der Waals surface area contributed by atoms with Crippen LogP contribution in [0.2, 0.25) is 0 Å². The molecule has 0 aromatic carbocycles. The molecule has 114 valence electrons. The van der Waals surface area contributed by atoms with Crippen LogP contribution >= 0.6 is 11.3 Å². The summed E-state index contributed by atoms with van der Waals surface area (Å²) in [7, 11) is 0. The van der Waals surface area contributed by atoms with Crippen molar-refractivity contribution in [1.29, 1.82) is 0 Å². The molecule has 0 atom stereocenters. The first-order valence-corrected chi connectivity index (χ1v) is 8.23. The summed E-state index contributed by atoms with van der Waals surface area (Å²) in [5, 5.41) is 11.7. The van der Waals surface area contributed by atoms with Gasteiger partial charge in [-0.3, -0.25) is 4.90 Å². The van der Waals surface area contributed by atoms with E-state index < -0.39 is 0 Å². The molecule has 1 N–H and O–H groups in total. The third-order valence-corrected chi connectivity index (χ3v) is 4.68. The number of hydrogen-bond acceptors (Lipinski definition) is 5. The predicted molar refractivity (Wildman–Crippen MR) is 85.0 cm³/mol. The molecule has 2 aromatic heterocycles. The smallest absolute Gasteiger partial charge is 0.147 e. The highest BCUT2D eigenvalue weighted by Gasteiger charge is 2.18. The van der Waals surface area contributed by atoms with Crippen LogP contribution in [0.5, 0.6) is 0 Å². The van der Waals surface area contributed by atoms with Crippen molar-refractivity contribution in [3.63, 3.8) is 0 Å². The van der Waals surface area contributed by atoms with Crippen molar-refractivity contribution < 1.29 is 0 Å². The van der Waals surface area contributed by atoms with E-state index in [1.165, 1.54) is 9.75 Å². The van der Waals surface area contributed by atoms with Crippen LogP contribution in [0.25, 0.3) is 0 Å². The van der Waals surface area contributed by atoms with E-state index in [0.717, 1.165) is 38.5 Å². The Hall–Kier alpha value is -1.24. The number of rotatable bonds is 4. The van der Waals surface area contributed by atoms with Gasteiger partial charge in [0.05, 0.1) is 6.54 Å². The molecule has 0 aliphatic carbocycles. The number of thiophene rings is 1.